The SMILES string of the molecule is CC(C(=O)NC(C)(C)C)S(=O)(=O)c1ccc(N)cc1. The summed E-state index contributed by atoms with van der Waals surface area (Å²) in [4.78, 5) is 12.0. The van der Waals surface area contributed by atoms with Crippen LogP contribution in [0.1, 0.15) is 27.7 Å². The fraction of sp³-hybridized carbons (Fsp3) is 0.462. The maximum absolute atomic E-state index is 12.3. The molecule has 0 saturated carbocycles. The van der Waals surface area contributed by atoms with Gasteiger partial charge in [-0.2, -0.15) is 0 Å². The highest BCUT2D eigenvalue weighted by molar-refractivity contribution is 7.92. The Hall–Kier alpha value is -1.56. The van der Waals surface area contributed by atoms with Crippen LogP contribution in [0.3, 0.4) is 0 Å². The average Bonchev–Trinajstić information content (AvgIpc) is 2.26. The Labute approximate surface area is 114 Å². The molecule has 1 aromatic carbocycles. The van der Waals surface area contributed by atoms with Crippen LogP contribution in [0.4, 0.5) is 5.69 Å². The van der Waals surface area contributed by atoms with Crippen molar-refractivity contribution in [1.82, 2.24) is 5.32 Å². The fourth-order valence-electron chi connectivity index (χ4n) is 1.47. The van der Waals surface area contributed by atoms with E-state index in [1.807, 2.05) is 0 Å². The highest BCUT2D eigenvalue weighted by Gasteiger charge is 2.31. The number of anilines is 1. The maximum Gasteiger partial charge on any atom is 0.238 e. The second-order valence-electron chi connectivity index (χ2n) is 5.50. The summed E-state index contributed by atoms with van der Waals surface area (Å²) in [5.74, 6) is -0.510. The van der Waals surface area contributed by atoms with Crippen molar-refractivity contribution in [3.8, 4) is 0 Å². The minimum atomic E-state index is -3.69. The average molecular weight is 284 g/mol. The van der Waals surface area contributed by atoms with E-state index >= 15 is 0 Å². The third-order valence-electron chi connectivity index (χ3n) is 2.54. The van der Waals surface area contributed by atoms with Gasteiger partial charge in [0.1, 0.15) is 5.25 Å². The van der Waals surface area contributed by atoms with Crippen LogP contribution in [0.15, 0.2) is 29.2 Å². The second kappa shape index (κ2) is 5.21. The summed E-state index contributed by atoms with van der Waals surface area (Å²) in [6.07, 6.45) is 0. The number of nitrogens with two attached hydrogens (primary N) is 1. The number of hydrogen-bond donors (Lipinski definition) is 2. The molecule has 0 spiro atoms. The number of sulfone groups is 1. The molecule has 0 saturated heterocycles. The normalized spacial score (nSPS) is 13.9. The highest BCUT2D eigenvalue weighted by atomic mass is 32.2. The number of hydrogen-bond acceptors (Lipinski definition) is 4. The van der Waals surface area contributed by atoms with Gasteiger partial charge in [-0.3, -0.25) is 4.79 Å². The highest BCUT2D eigenvalue weighted by Crippen LogP contribution is 2.18. The number of carbonyl (C=O) groups excluding carboxylic acids is 1. The van der Waals surface area contributed by atoms with Crippen LogP contribution < -0.4 is 11.1 Å². The zero-order chi connectivity index (χ0) is 14.8. The van der Waals surface area contributed by atoms with Gasteiger partial charge < -0.3 is 11.1 Å². The molecule has 1 amide bonds. The van der Waals surface area contributed by atoms with Crippen LogP contribution in [0.2, 0.25) is 0 Å². The first-order chi connectivity index (χ1) is 8.54. The lowest BCUT2D eigenvalue weighted by Gasteiger charge is -2.23. The van der Waals surface area contributed by atoms with Gasteiger partial charge >= 0.3 is 0 Å². The van der Waals surface area contributed by atoms with E-state index in [2.05, 4.69) is 5.32 Å². The van der Waals surface area contributed by atoms with Crippen molar-refractivity contribution in [1.29, 1.82) is 0 Å². The number of rotatable bonds is 3. The Balaban J connectivity index is 3.00. The van der Waals surface area contributed by atoms with Gasteiger partial charge in [0.2, 0.25) is 5.91 Å². The van der Waals surface area contributed by atoms with Gasteiger partial charge in [0, 0.05) is 11.2 Å². The zero-order valence-corrected chi connectivity index (χ0v) is 12.4. The lowest BCUT2D eigenvalue weighted by Crippen LogP contribution is -2.47. The first kappa shape index (κ1) is 15.5. The fourth-order valence-corrected chi connectivity index (χ4v) is 2.74. The van der Waals surface area contributed by atoms with Gasteiger partial charge in [-0.15, -0.1) is 0 Å². The van der Waals surface area contributed by atoms with Gasteiger partial charge in [0.15, 0.2) is 9.84 Å². The minimum Gasteiger partial charge on any atom is -0.399 e. The molecule has 0 aromatic heterocycles. The number of amides is 1. The summed E-state index contributed by atoms with van der Waals surface area (Å²) in [6.45, 7) is 6.78. The van der Waals surface area contributed by atoms with Crippen molar-refractivity contribution in [2.45, 2.75) is 43.4 Å². The van der Waals surface area contributed by atoms with Crippen molar-refractivity contribution >= 4 is 21.4 Å². The smallest absolute Gasteiger partial charge is 0.238 e. The van der Waals surface area contributed by atoms with Crippen LogP contribution in [0.5, 0.6) is 0 Å². The molecule has 1 rings (SSSR count). The predicted octanol–water partition coefficient (Wildman–Crippen LogP) is 1.35. The quantitative estimate of drug-likeness (QED) is 0.820. The van der Waals surface area contributed by atoms with E-state index < -0.39 is 26.5 Å². The summed E-state index contributed by atoms with van der Waals surface area (Å²) < 4.78 is 24.5. The number of benzene rings is 1. The monoisotopic (exact) mass is 284 g/mol. The van der Waals surface area contributed by atoms with Crippen LogP contribution in [0, 0.1) is 0 Å². The molecule has 0 heterocycles. The largest absolute Gasteiger partial charge is 0.399 e. The van der Waals surface area contributed by atoms with E-state index in [9.17, 15) is 13.2 Å². The standard InChI is InChI=1S/C13H20N2O3S/c1-9(12(16)15-13(2,3)4)19(17,18)11-7-5-10(14)6-8-11/h5-9H,14H2,1-4H3,(H,15,16). The number of nitrogen functional groups attached to an aromatic ring is 1. The molecule has 5 nitrogen and oxygen atoms in total. The van der Waals surface area contributed by atoms with Gasteiger partial charge in [0.25, 0.3) is 0 Å². The summed E-state index contributed by atoms with van der Waals surface area (Å²) in [5.41, 5.74) is 5.52. The predicted molar refractivity (Wildman–Crippen MR) is 75.4 cm³/mol. The molecule has 0 aliphatic heterocycles. The molecule has 0 aliphatic rings. The molecular weight excluding hydrogens is 264 g/mol. The van der Waals surface area contributed by atoms with E-state index in [-0.39, 0.29) is 4.90 Å². The van der Waals surface area contributed by atoms with Gasteiger partial charge in [-0.25, -0.2) is 8.42 Å². The van der Waals surface area contributed by atoms with Crippen molar-refractivity contribution in [2.75, 3.05) is 5.73 Å². The van der Waals surface area contributed by atoms with Crippen LogP contribution in [-0.4, -0.2) is 25.1 Å². The van der Waals surface area contributed by atoms with E-state index in [0.29, 0.717) is 5.69 Å². The summed E-state index contributed by atoms with van der Waals surface area (Å²) >= 11 is 0. The van der Waals surface area contributed by atoms with E-state index in [0.717, 1.165) is 0 Å². The maximum atomic E-state index is 12.3. The molecule has 19 heavy (non-hydrogen) atoms. The Kier molecular flexibility index (Phi) is 4.25. The van der Waals surface area contributed by atoms with Crippen LogP contribution >= 0.6 is 0 Å². The molecule has 1 aromatic rings. The van der Waals surface area contributed by atoms with Gasteiger partial charge in [-0.1, -0.05) is 0 Å². The molecule has 3 N–H and O–H groups in total. The Morgan fingerprint density at radius 1 is 1.21 bits per heavy atom. The molecule has 1 atom stereocenters. The van der Waals surface area contributed by atoms with Crippen LogP contribution in [-0.2, 0) is 14.6 Å². The Bertz CT molecular complexity index is 557. The van der Waals surface area contributed by atoms with E-state index in [1.54, 1.807) is 20.8 Å². The number of carbonyl (C=O) groups is 1. The van der Waals surface area contributed by atoms with Gasteiger partial charge in [0.05, 0.1) is 4.90 Å². The zero-order valence-electron chi connectivity index (χ0n) is 11.6. The van der Waals surface area contributed by atoms with E-state index in [1.165, 1.54) is 31.2 Å². The topological polar surface area (TPSA) is 89.3 Å². The third-order valence-corrected chi connectivity index (χ3v) is 4.62. The molecular formula is C13H20N2O3S. The molecule has 0 fully saturated rings. The first-order valence-corrected chi connectivity index (χ1v) is 7.50. The molecule has 0 aliphatic carbocycles. The molecule has 0 radical (unpaired) electrons. The third kappa shape index (κ3) is 3.96. The van der Waals surface area contributed by atoms with Crippen LogP contribution in [0.25, 0.3) is 0 Å². The van der Waals surface area contributed by atoms with Crippen molar-refractivity contribution in [3.63, 3.8) is 0 Å². The summed E-state index contributed by atoms with van der Waals surface area (Å²) in [6, 6.07) is 5.82. The molecule has 106 valence electrons. The molecule has 6 heteroatoms. The van der Waals surface area contributed by atoms with Crippen molar-refractivity contribution in [2.24, 2.45) is 0 Å². The first-order valence-electron chi connectivity index (χ1n) is 5.95. The molecule has 1 unspecified atom stereocenters. The summed E-state index contributed by atoms with van der Waals surface area (Å²) in [5, 5.41) is 1.52. The number of nitrogens with one attached hydrogen (secondary N) is 1. The van der Waals surface area contributed by atoms with Crippen molar-refractivity contribution < 1.29 is 13.2 Å². The summed E-state index contributed by atoms with van der Waals surface area (Å²) in [7, 11) is -3.69. The van der Waals surface area contributed by atoms with Crippen molar-refractivity contribution in [3.05, 3.63) is 24.3 Å². The Morgan fingerprint density at radius 2 is 1.68 bits per heavy atom. The second-order valence-corrected chi connectivity index (χ2v) is 7.76. The Morgan fingerprint density at radius 3 is 2.11 bits per heavy atom. The molecule has 0 bridgehead atoms. The lowest BCUT2D eigenvalue weighted by atomic mass is 10.1. The van der Waals surface area contributed by atoms with E-state index in [4.69, 9.17) is 5.73 Å². The van der Waals surface area contributed by atoms with Gasteiger partial charge in [-0.05, 0) is 52.0 Å². The minimum absolute atomic E-state index is 0.0956. The lowest BCUT2D eigenvalue weighted by molar-refractivity contribution is -0.121.